The van der Waals surface area contributed by atoms with Crippen molar-refractivity contribution in [3.05, 3.63) is 29.8 Å². The number of aromatic nitrogens is 1. The van der Waals surface area contributed by atoms with E-state index in [1.54, 1.807) is 6.07 Å². The van der Waals surface area contributed by atoms with Gasteiger partial charge in [0.05, 0.1) is 6.20 Å². The van der Waals surface area contributed by atoms with Crippen LogP contribution >= 0.6 is 0 Å². The molecule has 1 aromatic heterocycles. The molecule has 1 rings (SSSR count). The molecule has 1 heterocycles. The lowest BCUT2D eigenvalue weighted by molar-refractivity contribution is 0.620. The fourth-order valence-electron chi connectivity index (χ4n) is 0.450. The lowest BCUT2D eigenvalue weighted by Gasteiger charge is -1.86. The third-order valence-electron chi connectivity index (χ3n) is 0.875. The second-order valence-electron chi connectivity index (χ2n) is 1.62. The van der Waals surface area contributed by atoms with Gasteiger partial charge in [0.15, 0.2) is 0 Å². The van der Waals surface area contributed by atoms with E-state index in [-0.39, 0.29) is 13.2 Å². The highest BCUT2D eigenvalue weighted by atomic mass is 19.1. The second kappa shape index (κ2) is 3.17. The lowest BCUT2D eigenvalue weighted by atomic mass is 10.4. The largest absolute Gasteiger partial charge is 0.259 e. The summed E-state index contributed by atoms with van der Waals surface area (Å²) in [5.74, 6) is -0.282. The summed E-state index contributed by atoms with van der Waals surface area (Å²) < 4.78 is 12.0. The maximum absolute atomic E-state index is 12.0. The van der Waals surface area contributed by atoms with Gasteiger partial charge >= 0.3 is 0 Å². The van der Waals surface area contributed by atoms with E-state index in [0.717, 1.165) is 5.69 Å². The number of nitrogens with zero attached hydrogens (tertiary/aromatic N) is 1. The Morgan fingerprint density at radius 2 is 2.11 bits per heavy atom. The van der Waals surface area contributed by atoms with Gasteiger partial charge in [0.25, 0.3) is 0 Å². The summed E-state index contributed by atoms with van der Waals surface area (Å²) in [7, 11) is 0. The van der Waals surface area contributed by atoms with Gasteiger partial charge in [0.2, 0.25) is 0 Å². The summed E-state index contributed by atoms with van der Waals surface area (Å²) >= 11 is 0. The third-order valence-corrected chi connectivity index (χ3v) is 0.875. The molecule has 2 heteroatoms. The minimum atomic E-state index is -0.282. The average Bonchev–Trinajstić information content (AvgIpc) is 1.77. The molecule has 1 nitrogen and oxygen atoms in total. The smallest absolute Gasteiger partial charge is 0.141 e. The summed E-state index contributed by atoms with van der Waals surface area (Å²) in [5.41, 5.74) is 0.839. The number of rotatable bonds is 0. The van der Waals surface area contributed by atoms with E-state index >= 15 is 0 Å². The van der Waals surface area contributed by atoms with Gasteiger partial charge < -0.3 is 0 Å². The zero-order valence-electron chi connectivity index (χ0n) is 4.56. The van der Waals surface area contributed by atoms with E-state index < -0.39 is 0 Å². The molecule has 0 amide bonds. The lowest BCUT2D eigenvalue weighted by Crippen LogP contribution is -1.79. The van der Waals surface area contributed by atoms with Crippen LogP contribution in [0.15, 0.2) is 18.3 Å². The highest BCUT2D eigenvalue weighted by Crippen LogP contribution is 1.94. The van der Waals surface area contributed by atoms with E-state index in [0.29, 0.717) is 0 Å². The fraction of sp³-hybridized carbons (Fsp3) is 0.286. The molecule has 0 aliphatic heterocycles. The number of pyridine rings is 1. The molecular formula is C7H10FN. The van der Waals surface area contributed by atoms with Crippen molar-refractivity contribution in [1.82, 2.24) is 4.98 Å². The Labute approximate surface area is 54.6 Å². The summed E-state index contributed by atoms with van der Waals surface area (Å²) in [6, 6.07) is 3.03. The maximum atomic E-state index is 12.0. The monoisotopic (exact) mass is 127 g/mol. The van der Waals surface area contributed by atoms with Crippen LogP contribution in [0.5, 0.6) is 0 Å². The van der Waals surface area contributed by atoms with Gasteiger partial charge in [-0.15, -0.1) is 0 Å². The van der Waals surface area contributed by atoms with E-state index in [4.69, 9.17) is 0 Å². The Kier molecular flexibility index (Phi) is 2.85. The summed E-state index contributed by atoms with van der Waals surface area (Å²) in [5, 5.41) is 0. The summed E-state index contributed by atoms with van der Waals surface area (Å²) in [6.07, 6.45) is 1.20. The Morgan fingerprint density at radius 3 is 2.44 bits per heavy atom. The Hall–Kier alpha value is -0.920. The van der Waals surface area contributed by atoms with Gasteiger partial charge in [-0.1, -0.05) is 7.43 Å². The number of aryl methyl sites for hydroxylation is 1. The molecule has 9 heavy (non-hydrogen) atoms. The van der Waals surface area contributed by atoms with Gasteiger partial charge in [-0.25, -0.2) is 4.39 Å². The molecule has 0 saturated heterocycles. The molecular weight excluding hydrogens is 117 g/mol. The molecule has 50 valence electrons. The molecule has 0 atom stereocenters. The number of halogens is 1. The van der Waals surface area contributed by atoms with Crippen molar-refractivity contribution in [1.29, 1.82) is 0 Å². The predicted molar refractivity (Wildman–Crippen MR) is 35.7 cm³/mol. The van der Waals surface area contributed by atoms with Crippen LogP contribution in [-0.4, -0.2) is 4.98 Å². The van der Waals surface area contributed by atoms with Crippen molar-refractivity contribution in [2.75, 3.05) is 0 Å². The summed E-state index contributed by atoms with van der Waals surface area (Å²) in [6.45, 7) is 1.82. The summed E-state index contributed by atoms with van der Waals surface area (Å²) in [4.78, 5) is 3.70. The van der Waals surface area contributed by atoms with Crippen LogP contribution in [0.3, 0.4) is 0 Å². The first-order valence-electron chi connectivity index (χ1n) is 2.37. The molecule has 0 aliphatic rings. The van der Waals surface area contributed by atoms with Crippen LogP contribution in [0, 0.1) is 12.7 Å². The van der Waals surface area contributed by atoms with Gasteiger partial charge in [-0.2, -0.15) is 0 Å². The zero-order valence-corrected chi connectivity index (χ0v) is 4.56. The quantitative estimate of drug-likeness (QED) is 0.520. The first-order chi connectivity index (χ1) is 3.79. The van der Waals surface area contributed by atoms with Crippen molar-refractivity contribution in [3.8, 4) is 0 Å². The fourth-order valence-corrected chi connectivity index (χ4v) is 0.450. The van der Waals surface area contributed by atoms with Gasteiger partial charge in [0, 0.05) is 5.69 Å². The molecule has 0 aliphatic carbocycles. The second-order valence-corrected chi connectivity index (χ2v) is 1.62. The average molecular weight is 127 g/mol. The normalized spacial score (nSPS) is 8.22. The zero-order chi connectivity index (χ0) is 5.98. The van der Waals surface area contributed by atoms with Crippen LogP contribution in [0.25, 0.3) is 0 Å². The van der Waals surface area contributed by atoms with Gasteiger partial charge in [-0.05, 0) is 19.1 Å². The van der Waals surface area contributed by atoms with Crippen molar-refractivity contribution >= 4 is 0 Å². The van der Waals surface area contributed by atoms with E-state index in [1.165, 1.54) is 12.3 Å². The van der Waals surface area contributed by atoms with Crippen molar-refractivity contribution < 1.29 is 4.39 Å². The molecule has 0 saturated carbocycles. The minimum absolute atomic E-state index is 0. The standard InChI is InChI=1S/C6H6FN.CH4/c1-5-2-3-6(7)4-8-5;/h2-4H,1H3;1H4. The van der Waals surface area contributed by atoms with Crippen LogP contribution in [0.4, 0.5) is 4.39 Å². The molecule has 0 N–H and O–H groups in total. The molecule has 0 spiro atoms. The topological polar surface area (TPSA) is 12.9 Å². The van der Waals surface area contributed by atoms with Crippen LogP contribution in [0.2, 0.25) is 0 Å². The van der Waals surface area contributed by atoms with Gasteiger partial charge in [-0.3, -0.25) is 4.98 Å². The molecule has 0 aromatic carbocycles. The minimum Gasteiger partial charge on any atom is -0.259 e. The number of hydrogen-bond acceptors (Lipinski definition) is 1. The number of hydrogen-bond donors (Lipinski definition) is 0. The van der Waals surface area contributed by atoms with Crippen LogP contribution in [0.1, 0.15) is 13.1 Å². The van der Waals surface area contributed by atoms with E-state index in [2.05, 4.69) is 4.98 Å². The first kappa shape index (κ1) is 8.08. The third kappa shape index (κ3) is 2.22. The molecule has 0 bridgehead atoms. The molecule has 0 radical (unpaired) electrons. The molecule has 1 aromatic rings. The Morgan fingerprint density at radius 1 is 1.44 bits per heavy atom. The predicted octanol–water partition coefficient (Wildman–Crippen LogP) is 2.17. The van der Waals surface area contributed by atoms with Crippen molar-refractivity contribution in [2.45, 2.75) is 14.4 Å². The Bertz CT molecular complexity index is 148. The van der Waals surface area contributed by atoms with Crippen LogP contribution in [-0.2, 0) is 0 Å². The molecule has 0 unspecified atom stereocenters. The maximum Gasteiger partial charge on any atom is 0.141 e. The SMILES string of the molecule is C.Cc1ccc(F)cn1. The van der Waals surface area contributed by atoms with Crippen molar-refractivity contribution in [2.24, 2.45) is 0 Å². The van der Waals surface area contributed by atoms with E-state index in [1.807, 2.05) is 6.92 Å². The highest BCUT2D eigenvalue weighted by Gasteiger charge is 1.84. The van der Waals surface area contributed by atoms with E-state index in [9.17, 15) is 4.39 Å². The van der Waals surface area contributed by atoms with Crippen molar-refractivity contribution in [3.63, 3.8) is 0 Å². The molecule has 0 fully saturated rings. The Balaban J connectivity index is 0.000000640. The first-order valence-corrected chi connectivity index (χ1v) is 2.37. The highest BCUT2D eigenvalue weighted by molar-refractivity contribution is 5.02. The van der Waals surface area contributed by atoms with Crippen LogP contribution < -0.4 is 0 Å². The van der Waals surface area contributed by atoms with Gasteiger partial charge in [0.1, 0.15) is 5.82 Å².